The van der Waals surface area contributed by atoms with Gasteiger partial charge in [-0.3, -0.25) is 4.79 Å². The number of ether oxygens (including phenoxy) is 1. The van der Waals surface area contributed by atoms with E-state index in [0.29, 0.717) is 22.9 Å². The van der Waals surface area contributed by atoms with Gasteiger partial charge in [0.15, 0.2) is 13.0 Å². The van der Waals surface area contributed by atoms with Gasteiger partial charge in [-0.05, 0) is 54.6 Å². The zero-order valence-corrected chi connectivity index (χ0v) is 15.7. The Bertz CT molecular complexity index is 878. The first-order chi connectivity index (χ1) is 13.1. The summed E-state index contributed by atoms with van der Waals surface area (Å²) in [6.07, 6.45) is 0.552. The lowest BCUT2D eigenvalue weighted by Gasteiger charge is -2.13. The molecule has 27 heavy (non-hydrogen) atoms. The highest BCUT2D eigenvalue weighted by atomic mass is 32.2. The molecular weight excluding hydrogens is 366 g/mol. The summed E-state index contributed by atoms with van der Waals surface area (Å²) in [6, 6.07) is 16.6. The van der Waals surface area contributed by atoms with Crippen molar-refractivity contribution in [2.45, 2.75) is 23.6 Å². The first-order valence-corrected chi connectivity index (χ1v) is 9.28. The molecule has 140 valence electrons. The Kier molecular flexibility index (Phi) is 5.97. The molecule has 0 aliphatic rings. The fourth-order valence-electron chi connectivity index (χ4n) is 2.34. The van der Waals surface area contributed by atoms with E-state index in [1.165, 1.54) is 4.68 Å². The Labute approximate surface area is 160 Å². The highest BCUT2D eigenvalue weighted by Crippen LogP contribution is 2.29. The Balaban J connectivity index is 1.62. The third kappa shape index (κ3) is 4.79. The van der Waals surface area contributed by atoms with E-state index in [0.717, 1.165) is 17.5 Å². The number of aromatic nitrogens is 2. The van der Waals surface area contributed by atoms with Crippen molar-refractivity contribution in [1.82, 2.24) is 5.27 Å². The summed E-state index contributed by atoms with van der Waals surface area (Å²) in [4.78, 5) is 12.5. The van der Waals surface area contributed by atoms with Gasteiger partial charge in [-0.25, -0.2) is 0 Å². The number of carbonyl (C=O) groups excluding carboxylic acids is 1. The van der Waals surface area contributed by atoms with Crippen LogP contribution in [0.5, 0.6) is 17.4 Å². The fourth-order valence-corrected chi connectivity index (χ4v) is 3.26. The van der Waals surface area contributed by atoms with Crippen LogP contribution in [0.1, 0.15) is 13.3 Å². The Hall–Kier alpha value is -3.00. The molecule has 0 fully saturated rings. The second-order valence-corrected chi connectivity index (χ2v) is 6.92. The monoisotopic (exact) mass is 385 g/mol. The SMILES string of the molecule is CCC(Sc1c([O-])on[n+]1C)C(=O)Nc1ccc(Oc2ccccc2)cc1. The molecule has 1 amide bonds. The van der Waals surface area contributed by atoms with Crippen LogP contribution in [0.3, 0.4) is 0 Å². The molecule has 3 rings (SSSR count). The van der Waals surface area contributed by atoms with E-state index >= 15 is 0 Å². The molecule has 0 aliphatic carbocycles. The first-order valence-electron chi connectivity index (χ1n) is 8.40. The van der Waals surface area contributed by atoms with Crippen molar-refractivity contribution in [1.29, 1.82) is 0 Å². The third-order valence-electron chi connectivity index (χ3n) is 3.73. The maximum absolute atomic E-state index is 12.5. The molecule has 2 aromatic carbocycles. The average molecular weight is 385 g/mol. The highest BCUT2D eigenvalue weighted by molar-refractivity contribution is 8.00. The third-order valence-corrected chi connectivity index (χ3v) is 5.22. The van der Waals surface area contributed by atoms with Gasteiger partial charge >= 0.3 is 0 Å². The van der Waals surface area contributed by atoms with Crippen LogP contribution < -0.4 is 19.8 Å². The quantitative estimate of drug-likeness (QED) is 0.497. The van der Waals surface area contributed by atoms with Crippen molar-refractivity contribution < 1.29 is 23.8 Å². The number of hydrogen-bond donors (Lipinski definition) is 1. The number of carbonyl (C=O) groups is 1. The molecule has 0 bridgehead atoms. The zero-order valence-electron chi connectivity index (χ0n) is 14.9. The van der Waals surface area contributed by atoms with Crippen molar-refractivity contribution in [3.05, 3.63) is 54.6 Å². The molecular formula is C19H19N3O4S. The maximum atomic E-state index is 12.5. The Morgan fingerprint density at radius 2 is 1.89 bits per heavy atom. The summed E-state index contributed by atoms with van der Waals surface area (Å²) in [7, 11) is 1.60. The smallest absolute Gasteiger partial charge is 0.291 e. The van der Waals surface area contributed by atoms with Gasteiger partial charge < -0.3 is 19.7 Å². The fraction of sp³-hybridized carbons (Fsp3) is 0.211. The van der Waals surface area contributed by atoms with E-state index < -0.39 is 11.2 Å². The standard InChI is InChI=1S/C19H19N3O4S/c1-3-16(27-18-19(24)26-21-22(18)2)17(23)20-13-9-11-15(12-10-13)25-14-7-5-4-6-8-14/h4-12,16H,3H2,1-2H3,(H-,20,21,23,24). The minimum absolute atomic E-state index is 0.195. The number of benzene rings is 2. The number of amides is 1. The summed E-state index contributed by atoms with van der Waals surface area (Å²) in [5.74, 6) is 0.677. The zero-order chi connectivity index (χ0) is 19.2. The van der Waals surface area contributed by atoms with Crippen LogP contribution in [-0.4, -0.2) is 16.4 Å². The van der Waals surface area contributed by atoms with Gasteiger partial charge in [-0.1, -0.05) is 29.8 Å². The van der Waals surface area contributed by atoms with Gasteiger partial charge in [-0.15, -0.1) is 0 Å². The molecule has 1 aromatic heterocycles. The Morgan fingerprint density at radius 3 is 2.48 bits per heavy atom. The van der Waals surface area contributed by atoms with Crippen LogP contribution in [-0.2, 0) is 11.8 Å². The van der Waals surface area contributed by atoms with E-state index in [-0.39, 0.29) is 5.91 Å². The molecule has 8 heteroatoms. The summed E-state index contributed by atoms with van der Waals surface area (Å²) < 4.78 is 11.7. The summed E-state index contributed by atoms with van der Waals surface area (Å²) in [5.41, 5.74) is 0.650. The second kappa shape index (κ2) is 8.59. The molecule has 1 unspecified atom stereocenters. The first kappa shape index (κ1) is 18.8. The lowest BCUT2D eigenvalue weighted by Crippen LogP contribution is -2.34. The molecule has 7 nitrogen and oxygen atoms in total. The van der Waals surface area contributed by atoms with E-state index in [2.05, 4.69) is 15.1 Å². The maximum Gasteiger partial charge on any atom is 0.291 e. The van der Waals surface area contributed by atoms with Gasteiger partial charge in [0.1, 0.15) is 11.5 Å². The number of para-hydroxylation sites is 1. The lowest BCUT2D eigenvalue weighted by molar-refractivity contribution is -0.772. The van der Waals surface area contributed by atoms with Crippen molar-refractivity contribution in [3.63, 3.8) is 0 Å². The number of aryl methyl sites for hydroxylation is 1. The molecule has 0 radical (unpaired) electrons. The molecule has 3 aromatic rings. The molecule has 0 saturated heterocycles. The van der Waals surface area contributed by atoms with Gasteiger partial charge in [0.05, 0.1) is 10.5 Å². The molecule has 1 N–H and O–H groups in total. The van der Waals surface area contributed by atoms with Crippen molar-refractivity contribution in [2.24, 2.45) is 7.05 Å². The number of rotatable bonds is 7. The molecule has 1 atom stereocenters. The molecule has 0 spiro atoms. The van der Waals surface area contributed by atoms with Crippen molar-refractivity contribution in [2.75, 3.05) is 5.32 Å². The van der Waals surface area contributed by atoms with E-state index in [1.807, 2.05) is 37.3 Å². The summed E-state index contributed by atoms with van der Waals surface area (Å²) >= 11 is 1.14. The van der Waals surface area contributed by atoms with Gasteiger partial charge in [0.25, 0.3) is 5.03 Å². The van der Waals surface area contributed by atoms with E-state index in [4.69, 9.17) is 4.74 Å². The predicted molar refractivity (Wildman–Crippen MR) is 98.6 cm³/mol. The van der Waals surface area contributed by atoms with Gasteiger partial charge in [-0.2, -0.15) is 0 Å². The number of hydrogen-bond acceptors (Lipinski definition) is 6. The summed E-state index contributed by atoms with van der Waals surface area (Å²) in [6.45, 7) is 1.88. The number of thioether (sulfide) groups is 1. The summed E-state index contributed by atoms with van der Waals surface area (Å²) in [5, 5.41) is 17.9. The van der Waals surface area contributed by atoms with Gasteiger partial charge in [0.2, 0.25) is 5.91 Å². The number of nitrogens with zero attached hydrogens (tertiary/aromatic N) is 2. The highest BCUT2D eigenvalue weighted by Gasteiger charge is 2.25. The van der Waals surface area contributed by atoms with Crippen LogP contribution in [0, 0.1) is 0 Å². The largest absolute Gasteiger partial charge is 0.538 e. The number of anilines is 1. The van der Waals surface area contributed by atoms with Crippen LogP contribution >= 0.6 is 11.8 Å². The number of nitrogens with one attached hydrogen (secondary N) is 1. The minimum atomic E-state index is -0.545. The van der Waals surface area contributed by atoms with E-state index in [9.17, 15) is 9.90 Å². The van der Waals surface area contributed by atoms with Crippen LogP contribution in [0.25, 0.3) is 0 Å². The normalized spacial score (nSPS) is 11.8. The predicted octanol–water partition coefficient (Wildman–Crippen LogP) is 2.87. The second-order valence-electron chi connectivity index (χ2n) is 5.73. The van der Waals surface area contributed by atoms with E-state index in [1.54, 1.807) is 31.3 Å². The molecule has 1 heterocycles. The molecule has 0 aliphatic heterocycles. The lowest BCUT2D eigenvalue weighted by atomic mass is 10.2. The van der Waals surface area contributed by atoms with Crippen molar-refractivity contribution in [3.8, 4) is 17.4 Å². The molecule has 0 saturated carbocycles. The van der Waals surface area contributed by atoms with Crippen molar-refractivity contribution >= 4 is 23.4 Å². The van der Waals surface area contributed by atoms with Crippen LogP contribution in [0.15, 0.2) is 64.1 Å². The average Bonchev–Trinajstić information content (AvgIpc) is 3.00. The van der Waals surface area contributed by atoms with Crippen LogP contribution in [0.2, 0.25) is 0 Å². The Morgan fingerprint density at radius 1 is 1.22 bits per heavy atom. The topological polar surface area (TPSA) is 91.3 Å². The van der Waals surface area contributed by atoms with Gasteiger partial charge in [0, 0.05) is 5.69 Å². The minimum Gasteiger partial charge on any atom is -0.538 e. The van der Waals surface area contributed by atoms with Crippen LogP contribution in [0.4, 0.5) is 5.69 Å².